The van der Waals surface area contributed by atoms with Crippen molar-refractivity contribution in [2.75, 3.05) is 6.61 Å². The van der Waals surface area contributed by atoms with Crippen molar-refractivity contribution in [2.24, 2.45) is 34.5 Å². The number of allylic oxidation sites excluding steroid dienone is 2. The minimum atomic E-state index is -0.706. The van der Waals surface area contributed by atoms with Gasteiger partial charge in [0.15, 0.2) is 5.78 Å². The molecule has 0 aromatic rings. The molecule has 29 heavy (non-hydrogen) atoms. The van der Waals surface area contributed by atoms with Gasteiger partial charge in [-0.2, -0.15) is 0 Å². The summed E-state index contributed by atoms with van der Waals surface area (Å²) in [7, 11) is 0. The number of rotatable bonds is 3. The van der Waals surface area contributed by atoms with E-state index in [-0.39, 0.29) is 35.4 Å². The fourth-order valence-corrected chi connectivity index (χ4v) is 7.17. The van der Waals surface area contributed by atoms with E-state index in [2.05, 4.69) is 6.92 Å². The van der Waals surface area contributed by atoms with Crippen LogP contribution in [0, 0.1) is 34.5 Å². The van der Waals surface area contributed by atoms with Crippen LogP contribution < -0.4 is 0 Å². The number of Topliss-reactive ketones (excluding diaryl/α,β-unsaturated/α-hetero) is 1. The highest BCUT2D eigenvalue weighted by atomic mass is 16.5. The van der Waals surface area contributed by atoms with Crippen molar-refractivity contribution in [1.29, 1.82) is 0 Å². The standard InChI is InChI=1S/C23H30O6/c1-12(24)29-11-19(26)17-7-6-15-14-5-4-13-10-18(25)20(27)21(28)23(13,3)16(14)8-9-22(15,17)2/h10,14-17,27-28H,4-9,11H2,1-3H3/t14-,15-,16-,17-,22-,23-/m0/s1. The average Bonchev–Trinajstić information content (AvgIpc) is 3.03. The lowest BCUT2D eigenvalue weighted by Crippen LogP contribution is -2.52. The largest absolute Gasteiger partial charge is 0.507 e. The molecule has 0 unspecified atom stereocenters. The summed E-state index contributed by atoms with van der Waals surface area (Å²) in [6.45, 7) is 5.31. The van der Waals surface area contributed by atoms with Gasteiger partial charge in [-0.15, -0.1) is 0 Å². The Balaban J connectivity index is 1.62. The molecule has 0 saturated heterocycles. The third-order valence-corrected chi connectivity index (χ3v) is 8.65. The Kier molecular flexibility index (Phi) is 4.67. The second-order valence-corrected chi connectivity index (χ2v) is 9.77. The number of hydrogen-bond donors (Lipinski definition) is 2. The molecule has 6 heteroatoms. The van der Waals surface area contributed by atoms with Gasteiger partial charge >= 0.3 is 5.97 Å². The molecule has 0 bridgehead atoms. The molecule has 6 nitrogen and oxygen atoms in total. The Morgan fingerprint density at radius 1 is 1.14 bits per heavy atom. The summed E-state index contributed by atoms with van der Waals surface area (Å²) in [4.78, 5) is 35.9. The van der Waals surface area contributed by atoms with Gasteiger partial charge in [0, 0.05) is 12.8 Å². The second kappa shape index (κ2) is 6.71. The average molecular weight is 402 g/mol. The van der Waals surface area contributed by atoms with Gasteiger partial charge in [-0.05, 0) is 74.7 Å². The summed E-state index contributed by atoms with van der Waals surface area (Å²) in [6.07, 6.45) is 6.58. The van der Waals surface area contributed by atoms with Crippen LogP contribution in [-0.2, 0) is 19.1 Å². The van der Waals surface area contributed by atoms with E-state index in [4.69, 9.17) is 4.74 Å². The van der Waals surface area contributed by atoms with Crippen molar-refractivity contribution in [1.82, 2.24) is 0 Å². The van der Waals surface area contributed by atoms with E-state index in [0.29, 0.717) is 11.8 Å². The summed E-state index contributed by atoms with van der Waals surface area (Å²) in [6, 6.07) is 0. The smallest absolute Gasteiger partial charge is 0.303 e. The molecule has 0 amide bonds. The van der Waals surface area contributed by atoms with Gasteiger partial charge in [-0.25, -0.2) is 0 Å². The maximum atomic E-state index is 12.8. The van der Waals surface area contributed by atoms with E-state index in [1.165, 1.54) is 13.0 Å². The van der Waals surface area contributed by atoms with Crippen LogP contribution in [0.2, 0.25) is 0 Å². The number of aliphatic hydroxyl groups excluding tert-OH is 2. The molecule has 4 rings (SSSR count). The topological polar surface area (TPSA) is 101 Å². The van der Waals surface area contributed by atoms with Gasteiger partial charge < -0.3 is 14.9 Å². The molecule has 0 radical (unpaired) electrons. The first-order valence-corrected chi connectivity index (χ1v) is 10.6. The zero-order valence-corrected chi connectivity index (χ0v) is 17.4. The summed E-state index contributed by atoms with van der Waals surface area (Å²) in [5.41, 5.74) is 0.0762. The monoisotopic (exact) mass is 402 g/mol. The highest BCUT2D eigenvalue weighted by Crippen LogP contribution is 2.67. The molecule has 4 aliphatic carbocycles. The minimum Gasteiger partial charge on any atom is -0.507 e. The summed E-state index contributed by atoms with van der Waals surface area (Å²) in [5, 5.41) is 20.9. The van der Waals surface area contributed by atoms with Crippen molar-refractivity contribution in [2.45, 2.75) is 59.3 Å². The van der Waals surface area contributed by atoms with E-state index in [1.807, 2.05) is 6.92 Å². The molecule has 0 spiro atoms. The zero-order chi connectivity index (χ0) is 21.1. The molecule has 0 heterocycles. The van der Waals surface area contributed by atoms with Crippen LogP contribution in [-0.4, -0.2) is 34.4 Å². The van der Waals surface area contributed by atoms with Gasteiger partial charge in [0.1, 0.15) is 12.4 Å². The van der Waals surface area contributed by atoms with Crippen LogP contribution in [0.25, 0.3) is 0 Å². The quantitative estimate of drug-likeness (QED) is 0.696. The zero-order valence-electron chi connectivity index (χ0n) is 17.4. The predicted octanol–water partition coefficient (Wildman–Crippen LogP) is 3.81. The van der Waals surface area contributed by atoms with Gasteiger partial charge in [0.25, 0.3) is 0 Å². The predicted molar refractivity (Wildman–Crippen MR) is 105 cm³/mol. The Labute approximate surface area is 171 Å². The summed E-state index contributed by atoms with van der Waals surface area (Å²) >= 11 is 0. The molecule has 3 fully saturated rings. The second-order valence-electron chi connectivity index (χ2n) is 9.77. The Morgan fingerprint density at radius 3 is 2.55 bits per heavy atom. The Hall–Kier alpha value is -2.11. The number of ether oxygens (including phenoxy) is 1. The fraction of sp³-hybridized carbons (Fsp3) is 0.696. The third kappa shape index (κ3) is 2.78. The van der Waals surface area contributed by atoms with E-state index >= 15 is 0 Å². The first kappa shape index (κ1) is 20.2. The van der Waals surface area contributed by atoms with Crippen LogP contribution in [0.4, 0.5) is 0 Å². The molecule has 0 aromatic heterocycles. The molecule has 158 valence electrons. The molecular weight excluding hydrogens is 372 g/mol. The van der Waals surface area contributed by atoms with Gasteiger partial charge in [-0.1, -0.05) is 12.5 Å². The van der Waals surface area contributed by atoms with Crippen molar-refractivity contribution < 1.29 is 29.3 Å². The van der Waals surface area contributed by atoms with E-state index < -0.39 is 22.9 Å². The maximum Gasteiger partial charge on any atom is 0.303 e. The van der Waals surface area contributed by atoms with Crippen LogP contribution in [0.1, 0.15) is 59.3 Å². The number of aliphatic hydroxyl groups is 2. The highest BCUT2D eigenvalue weighted by Gasteiger charge is 2.61. The number of carbonyl (C=O) groups is 3. The first-order valence-electron chi connectivity index (χ1n) is 10.6. The number of carbonyl (C=O) groups excluding carboxylic acids is 3. The molecule has 2 N–H and O–H groups in total. The van der Waals surface area contributed by atoms with Crippen LogP contribution in [0.5, 0.6) is 0 Å². The highest BCUT2D eigenvalue weighted by molar-refractivity contribution is 6.04. The Bertz CT molecular complexity index is 838. The van der Waals surface area contributed by atoms with Gasteiger partial charge in [0.05, 0.1) is 5.41 Å². The first-order chi connectivity index (χ1) is 13.6. The maximum absolute atomic E-state index is 12.8. The number of fused-ring (bicyclic) bond motifs is 5. The van der Waals surface area contributed by atoms with Crippen LogP contribution in [0.15, 0.2) is 23.2 Å². The van der Waals surface area contributed by atoms with Crippen LogP contribution in [0.3, 0.4) is 0 Å². The van der Waals surface area contributed by atoms with Gasteiger partial charge in [0.2, 0.25) is 11.5 Å². The lowest BCUT2D eigenvalue weighted by molar-refractivity contribution is -0.149. The molecule has 4 aliphatic rings. The fourth-order valence-electron chi connectivity index (χ4n) is 7.17. The lowest BCUT2D eigenvalue weighted by atomic mass is 9.47. The van der Waals surface area contributed by atoms with Crippen molar-refractivity contribution in [3.05, 3.63) is 23.2 Å². The summed E-state index contributed by atoms with van der Waals surface area (Å²) < 4.78 is 4.98. The molecule has 3 saturated carbocycles. The molecule has 6 atom stereocenters. The van der Waals surface area contributed by atoms with E-state index in [9.17, 15) is 24.6 Å². The van der Waals surface area contributed by atoms with E-state index in [1.54, 1.807) is 0 Å². The normalized spacial score (nSPS) is 41.2. The minimum absolute atomic E-state index is 0.00917. The van der Waals surface area contributed by atoms with Crippen molar-refractivity contribution >= 4 is 17.5 Å². The van der Waals surface area contributed by atoms with Crippen LogP contribution >= 0.6 is 0 Å². The third-order valence-electron chi connectivity index (χ3n) is 8.65. The van der Waals surface area contributed by atoms with Crippen molar-refractivity contribution in [3.63, 3.8) is 0 Å². The van der Waals surface area contributed by atoms with Gasteiger partial charge in [-0.3, -0.25) is 14.4 Å². The summed E-state index contributed by atoms with van der Waals surface area (Å²) in [5.74, 6) is -0.939. The SMILES string of the molecule is CC(=O)OCC(=O)[C@@H]1CC[C@H]2[C@@H]3CCC4=CC(=O)C(O)=C(O)[C@]4(C)[C@H]3CC[C@]12C. The number of esters is 1. The van der Waals surface area contributed by atoms with E-state index in [0.717, 1.165) is 44.1 Å². The van der Waals surface area contributed by atoms with Crippen molar-refractivity contribution in [3.8, 4) is 0 Å². The number of hydrogen-bond acceptors (Lipinski definition) is 6. The molecule has 0 aliphatic heterocycles. The molecular formula is C23H30O6. The lowest BCUT2D eigenvalue weighted by Gasteiger charge is -2.57. The number of ketones is 2. The molecule has 0 aromatic carbocycles. The Morgan fingerprint density at radius 2 is 1.86 bits per heavy atom.